The van der Waals surface area contributed by atoms with Crippen LogP contribution in [-0.2, 0) is 42.2 Å². The molecule has 0 bridgehead atoms. The average molecular weight is 1130 g/mol. The second kappa shape index (κ2) is 61.0. The Kier molecular flexibility index (Phi) is 59.4. The Labute approximate surface area is 480 Å². The highest BCUT2D eigenvalue weighted by Gasteiger charge is 2.28. The van der Waals surface area contributed by atoms with Crippen molar-refractivity contribution in [3.05, 3.63) is 24.3 Å². The summed E-state index contributed by atoms with van der Waals surface area (Å²) >= 11 is 0. The number of hydrogen-bond acceptors (Lipinski definition) is 10. The van der Waals surface area contributed by atoms with Gasteiger partial charge in [0.2, 0.25) is 0 Å². The van der Waals surface area contributed by atoms with Gasteiger partial charge in [-0.3, -0.25) is 23.4 Å². The number of phosphoric ester groups is 1. The lowest BCUT2D eigenvalue weighted by molar-refractivity contribution is -0.161. The lowest BCUT2D eigenvalue weighted by Gasteiger charge is -2.21. The summed E-state index contributed by atoms with van der Waals surface area (Å²) < 4.78 is 39.7. The second-order valence-corrected chi connectivity index (χ2v) is 24.1. The van der Waals surface area contributed by atoms with Gasteiger partial charge in [-0.25, -0.2) is 4.57 Å². The zero-order chi connectivity index (χ0) is 56.9. The van der Waals surface area contributed by atoms with E-state index < -0.39 is 57.8 Å². The number of ether oxygens (including phenoxy) is 3. The summed E-state index contributed by atoms with van der Waals surface area (Å²) in [6, 6.07) is 0. The SMILES string of the molecule is CCCCCC/C=C\CCCCCCCC(=O)OCC(COP(=O)(O)OCC(CO)OC(=O)CCCCCCCCCCCCCCCCCCCCC)OC(=O)CCCCCCCCCCC/C=C\CCCCCCCC. The van der Waals surface area contributed by atoms with Crippen molar-refractivity contribution >= 4 is 25.7 Å². The number of carbonyl (C=O) groups is 3. The summed E-state index contributed by atoms with van der Waals surface area (Å²) in [6.07, 6.45) is 64.2. The molecule has 0 heterocycles. The Balaban J connectivity index is 4.59. The van der Waals surface area contributed by atoms with Crippen molar-refractivity contribution in [2.75, 3.05) is 26.4 Å². The van der Waals surface area contributed by atoms with Crippen LogP contribution in [-0.4, -0.2) is 66.5 Å². The van der Waals surface area contributed by atoms with E-state index >= 15 is 0 Å². The molecule has 0 amide bonds. The van der Waals surface area contributed by atoms with Crippen LogP contribution in [0.25, 0.3) is 0 Å². The van der Waals surface area contributed by atoms with E-state index in [1.807, 2.05) is 0 Å². The highest BCUT2D eigenvalue weighted by atomic mass is 31.2. The molecule has 460 valence electrons. The second-order valence-electron chi connectivity index (χ2n) is 22.6. The average Bonchev–Trinajstić information content (AvgIpc) is 3.43. The predicted molar refractivity (Wildman–Crippen MR) is 326 cm³/mol. The molecule has 3 unspecified atom stereocenters. The largest absolute Gasteiger partial charge is 0.472 e. The Morgan fingerprint density at radius 1 is 0.346 bits per heavy atom. The van der Waals surface area contributed by atoms with E-state index in [0.29, 0.717) is 19.3 Å². The molecule has 0 saturated heterocycles. The van der Waals surface area contributed by atoms with Crippen molar-refractivity contribution in [1.82, 2.24) is 0 Å². The van der Waals surface area contributed by atoms with E-state index in [0.717, 1.165) is 77.0 Å². The van der Waals surface area contributed by atoms with Gasteiger partial charge in [-0.15, -0.1) is 0 Å². The van der Waals surface area contributed by atoms with Gasteiger partial charge in [-0.2, -0.15) is 0 Å². The monoisotopic (exact) mass is 1120 g/mol. The predicted octanol–water partition coefficient (Wildman–Crippen LogP) is 20.2. The number of rotatable bonds is 63. The van der Waals surface area contributed by atoms with Crippen molar-refractivity contribution in [1.29, 1.82) is 0 Å². The molecule has 11 nitrogen and oxygen atoms in total. The lowest BCUT2D eigenvalue weighted by Crippen LogP contribution is -2.30. The maximum atomic E-state index is 13.0. The molecule has 0 aliphatic carbocycles. The van der Waals surface area contributed by atoms with Gasteiger partial charge in [0.05, 0.1) is 19.8 Å². The molecule has 78 heavy (non-hydrogen) atoms. The summed E-state index contributed by atoms with van der Waals surface area (Å²) in [7, 11) is -4.75. The Morgan fingerprint density at radius 2 is 0.590 bits per heavy atom. The van der Waals surface area contributed by atoms with Gasteiger partial charge >= 0.3 is 25.7 Å². The molecule has 3 atom stereocenters. The number of allylic oxidation sites excluding steroid dienone is 4. The van der Waals surface area contributed by atoms with Gasteiger partial charge in [0.15, 0.2) is 6.10 Å². The standard InChI is InChI=1S/C66H125O11P/c1-4-7-10-13-16-19-22-25-27-29-31-33-35-38-41-44-47-50-53-56-65(69)76-62(58-67)60-74-78(71,72)75-61-63(59-73-64(68)55-52-49-46-43-40-37-24-21-18-15-12-9-6-3)77-66(70)57-54-51-48-45-42-39-36-34-32-30-28-26-23-20-17-14-11-8-5-2/h21,24,26,28,62-63,67H,4-20,22-23,25,27,29-61H2,1-3H3,(H,71,72)/b24-21-,28-26-. The molecule has 0 fully saturated rings. The number of esters is 3. The van der Waals surface area contributed by atoms with E-state index in [4.69, 9.17) is 23.3 Å². The number of phosphoric acid groups is 1. The fraction of sp³-hybridized carbons (Fsp3) is 0.894. The van der Waals surface area contributed by atoms with Crippen molar-refractivity contribution < 1.29 is 52.2 Å². The summed E-state index contributed by atoms with van der Waals surface area (Å²) in [4.78, 5) is 48.7. The molecule has 12 heteroatoms. The van der Waals surface area contributed by atoms with E-state index in [1.165, 1.54) is 205 Å². The molecular weight excluding hydrogens is 1000 g/mol. The highest BCUT2D eigenvalue weighted by molar-refractivity contribution is 7.47. The first kappa shape index (κ1) is 76.0. The fourth-order valence-electron chi connectivity index (χ4n) is 9.76. The van der Waals surface area contributed by atoms with E-state index in [-0.39, 0.29) is 25.9 Å². The molecule has 0 aliphatic rings. The van der Waals surface area contributed by atoms with E-state index in [1.54, 1.807) is 0 Å². The molecule has 2 N–H and O–H groups in total. The van der Waals surface area contributed by atoms with Gasteiger partial charge < -0.3 is 24.2 Å². The maximum absolute atomic E-state index is 13.0. The van der Waals surface area contributed by atoms with Crippen LogP contribution < -0.4 is 0 Å². The van der Waals surface area contributed by atoms with Gasteiger partial charge in [0.1, 0.15) is 12.7 Å². The van der Waals surface area contributed by atoms with Crippen LogP contribution in [0, 0.1) is 0 Å². The summed E-state index contributed by atoms with van der Waals surface area (Å²) in [5.74, 6) is -1.45. The van der Waals surface area contributed by atoms with Crippen molar-refractivity contribution in [2.24, 2.45) is 0 Å². The van der Waals surface area contributed by atoms with Crippen LogP contribution in [0.3, 0.4) is 0 Å². The minimum atomic E-state index is -4.75. The quantitative estimate of drug-likeness (QED) is 0.0197. The molecular formula is C66H125O11P. The van der Waals surface area contributed by atoms with Crippen molar-refractivity contribution in [2.45, 2.75) is 354 Å². The summed E-state index contributed by atoms with van der Waals surface area (Å²) in [5.41, 5.74) is 0. The molecule has 0 aromatic carbocycles. The molecule has 0 aromatic rings. The first-order valence-corrected chi connectivity index (χ1v) is 34.7. The third-order valence-corrected chi connectivity index (χ3v) is 15.8. The Bertz CT molecular complexity index is 1400. The van der Waals surface area contributed by atoms with Crippen molar-refractivity contribution in [3.63, 3.8) is 0 Å². The van der Waals surface area contributed by atoms with Crippen LogP contribution in [0.2, 0.25) is 0 Å². The van der Waals surface area contributed by atoms with E-state index in [9.17, 15) is 28.9 Å². The van der Waals surface area contributed by atoms with Gasteiger partial charge in [-0.1, -0.05) is 276 Å². The third kappa shape index (κ3) is 58.6. The van der Waals surface area contributed by atoms with Gasteiger partial charge in [0.25, 0.3) is 0 Å². The molecule has 0 aromatic heterocycles. The van der Waals surface area contributed by atoms with E-state index in [2.05, 4.69) is 45.1 Å². The lowest BCUT2D eigenvalue weighted by atomic mass is 10.0. The topological polar surface area (TPSA) is 155 Å². The zero-order valence-electron chi connectivity index (χ0n) is 51.2. The zero-order valence-corrected chi connectivity index (χ0v) is 52.1. The number of unbranched alkanes of at least 4 members (excludes halogenated alkanes) is 42. The van der Waals surface area contributed by atoms with Crippen LogP contribution >= 0.6 is 7.82 Å². The normalized spacial score (nSPS) is 13.3. The summed E-state index contributed by atoms with van der Waals surface area (Å²) in [5, 5.41) is 9.86. The summed E-state index contributed by atoms with van der Waals surface area (Å²) in [6.45, 7) is 4.70. The number of aliphatic hydroxyl groups is 1. The Morgan fingerprint density at radius 3 is 0.897 bits per heavy atom. The molecule has 0 radical (unpaired) electrons. The van der Waals surface area contributed by atoms with Crippen LogP contribution in [0.5, 0.6) is 0 Å². The highest BCUT2D eigenvalue weighted by Crippen LogP contribution is 2.43. The first-order chi connectivity index (χ1) is 38.2. The molecule has 0 rings (SSSR count). The molecule has 0 spiro atoms. The number of carbonyl (C=O) groups excluding carboxylic acids is 3. The van der Waals surface area contributed by atoms with Crippen LogP contribution in [0.4, 0.5) is 0 Å². The molecule has 0 aliphatic heterocycles. The Hall–Kier alpha value is -2.04. The number of hydrogen-bond donors (Lipinski definition) is 2. The van der Waals surface area contributed by atoms with Gasteiger partial charge in [-0.05, 0) is 70.6 Å². The minimum absolute atomic E-state index is 0.169. The minimum Gasteiger partial charge on any atom is -0.462 e. The van der Waals surface area contributed by atoms with Crippen molar-refractivity contribution in [3.8, 4) is 0 Å². The van der Waals surface area contributed by atoms with Crippen LogP contribution in [0.15, 0.2) is 24.3 Å². The van der Waals surface area contributed by atoms with Crippen LogP contribution in [0.1, 0.15) is 342 Å². The third-order valence-electron chi connectivity index (χ3n) is 14.8. The van der Waals surface area contributed by atoms with Gasteiger partial charge in [0, 0.05) is 19.3 Å². The first-order valence-electron chi connectivity index (χ1n) is 33.2. The maximum Gasteiger partial charge on any atom is 0.472 e. The smallest absolute Gasteiger partial charge is 0.462 e. The fourth-order valence-corrected chi connectivity index (χ4v) is 10.5. The molecule has 0 saturated carbocycles. The number of aliphatic hydroxyl groups excluding tert-OH is 1.